The molecule has 0 saturated heterocycles. The molecule has 0 aliphatic rings. The van der Waals surface area contributed by atoms with Gasteiger partial charge in [-0.25, -0.2) is 4.98 Å². The fourth-order valence-corrected chi connectivity index (χ4v) is 2.42. The van der Waals surface area contributed by atoms with Crippen molar-refractivity contribution < 1.29 is 17.9 Å². The Kier molecular flexibility index (Phi) is 3.48. The van der Waals surface area contributed by atoms with Crippen molar-refractivity contribution in [2.45, 2.75) is 12.7 Å². The molecule has 0 aliphatic heterocycles. The minimum absolute atomic E-state index is 0.226. The van der Waals surface area contributed by atoms with Crippen LogP contribution in [0.25, 0.3) is 22.6 Å². The largest absolute Gasteiger partial charge is 0.495 e. The van der Waals surface area contributed by atoms with Crippen LogP contribution in [0.4, 0.5) is 13.2 Å². The number of imidazole rings is 1. The number of nitrogens with zero attached hydrogens (tertiary/aromatic N) is 3. The maximum atomic E-state index is 12.6. The highest BCUT2D eigenvalue weighted by Gasteiger charge is 2.30. The lowest BCUT2D eigenvalue weighted by Crippen LogP contribution is -2.19. The summed E-state index contributed by atoms with van der Waals surface area (Å²) in [5.74, 6) is 0.697. The minimum Gasteiger partial charge on any atom is -0.495 e. The van der Waals surface area contributed by atoms with Crippen molar-refractivity contribution in [3.8, 4) is 17.3 Å². The van der Waals surface area contributed by atoms with E-state index in [9.17, 15) is 13.2 Å². The van der Waals surface area contributed by atoms with Crippen LogP contribution in [0.15, 0.2) is 24.4 Å². The van der Waals surface area contributed by atoms with Crippen molar-refractivity contribution in [2.75, 3.05) is 7.11 Å². The summed E-state index contributed by atoms with van der Waals surface area (Å²) < 4.78 is 43.6. The first kappa shape index (κ1) is 14.7. The summed E-state index contributed by atoms with van der Waals surface area (Å²) in [6.45, 7) is -1.19. The van der Waals surface area contributed by atoms with Crippen LogP contribution in [-0.4, -0.2) is 33.0 Å². The summed E-state index contributed by atoms with van der Waals surface area (Å²) in [7, 11) is 1.47. The monoisotopic (exact) mass is 330 g/mol. The molecule has 0 spiro atoms. The Morgan fingerprint density at radius 2 is 2.09 bits per heavy atom. The summed E-state index contributed by atoms with van der Waals surface area (Å²) >= 11 is 6.15. The van der Waals surface area contributed by atoms with Crippen LogP contribution in [0.1, 0.15) is 0 Å². The normalized spacial score (nSPS) is 12.0. The van der Waals surface area contributed by atoms with Crippen LogP contribution < -0.4 is 4.74 Å². The van der Waals surface area contributed by atoms with Gasteiger partial charge in [-0.1, -0.05) is 11.6 Å². The number of halogens is 4. The molecule has 0 saturated carbocycles. The van der Waals surface area contributed by atoms with Crippen LogP contribution >= 0.6 is 11.6 Å². The molecule has 3 aromatic rings. The van der Waals surface area contributed by atoms with Gasteiger partial charge in [0.15, 0.2) is 5.82 Å². The summed E-state index contributed by atoms with van der Waals surface area (Å²) in [6, 6.07) is 4.80. The molecule has 2 aromatic heterocycles. The molecule has 0 aliphatic carbocycles. The zero-order chi connectivity index (χ0) is 15.9. The topological polar surface area (TPSA) is 55.7 Å². The second-order valence-corrected chi connectivity index (χ2v) is 4.93. The summed E-state index contributed by atoms with van der Waals surface area (Å²) in [6.07, 6.45) is -3.08. The average Bonchev–Trinajstić information content (AvgIpc) is 3.03. The third-order valence-corrected chi connectivity index (χ3v) is 3.43. The fraction of sp³-hybridized carbons (Fsp3) is 0.231. The lowest BCUT2D eigenvalue weighted by molar-refractivity contribution is -0.142. The first-order valence-corrected chi connectivity index (χ1v) is 6.58. The molecule has 1 N–H and O–H groups in total. The highest BCUT2D eigenvalue weighted by molar-refractivity contribution is 6.36. The van der Waals surface area contributed by atoms with E-state index in [0.717, 1.165) is 4.68 Å². The number of aromatic nitrogens is 4. The van der Waals surface area contributed by atoms with Crippen molar-refractivity contribution in [3.63, 3.8) is 0 Å². The second kappa shape index (κ2) is 5.20. The van der Waals surface area contributed by atoms with Gasteiger partial charge in [-0.05, 0) is 18.2 Å². The molecule has 5 nitrogen and oxygen atoms in total. The van der Waals surface area contributed by atoms with Crippen LogP contribution in [0.5, 0.6) is 5.75 Å². The molecule has 0 fully saturated rings. The van der Waals surface area contributed by atoms with E-state index in [1.54, 1.807) is 12.1 Å². The number of methoxy groups -OCH3 is 1. The predicted molar refractivity (Wildman–Crippen MR) is 74.9 cm³/mol. The molecule has 0 atom stereocenters. The third kappa shape index (κ3) is 2.61. The van der Waals surface area contributed by atoms with Gasteiger partial charge in [0.05, 0.1) is 12.6 Å². The smallest absolute Gasteiger partial charge is 0.408 e. The molecule has 116 valence electrons. The van der Waals surface area contributed by atoms with Crippen LogP contribution in [0.2, 0.25) is 5.02 Å². The summed E-state index contributed by atoms with van der Waals surface area (Å²) in [5.41, 5.74) is 1.25. The van der Waals surface area contributed by atoms with E-state index >= 15 is 0 Å². The van der Waals surface area contributed by atoms with E-state index in [4.69, 9.17) is 16.3 Å². The average molecular weight is 331 g/mol. The van der Waals surface area contributed by atoms with E-state index in [-0.39, 0.29) is 11.5 Å². The Bertz CT molecular complexity index is 824. The highest BCUT2D eigenvalue weighted by atomic mass is 35.5. The molecule has 3 rings (SSSR count). The Hall–Kier alpha value is -2.22. The molecule has 1 aromatic carbocycles. The number of rotatable bonds is 3. The zero-order valence-corrected chi connectivity index (χ0v) is 12.0. The quantitative estimate of drug-likeness (QED) is 0.797. The van der Waals surface area contributed by atoms with Gasteiger partial charge in [0.1, 0.15) is 28.5 Å². The van der Waals surface area contributed by atoms with Crippen LogP contribution in [0, 0.1) is 0 Å². The Balaban J connectivity index is 2.08. The van der Waals surface area contributed by atoms with Gasteiger partial charge in [0, 0.05) is 6.20 Å². The zero-order valence-electron chi connectivity index (χ0n) is 11.3. The van der Waals surface area contributed by atoms with Crippen molar-refractivity contribution in [1.82, 2.24) is 19.7 Å². The number of benzene rings is 1. The predicted octanol–water partition coefficient (Wildman–Crippen LogP) is 3.65. The molecular weight excluding hydrogens is 321 g/mol. The molecule has 22 heavy (non-hydrogen) atoms. The maximum absolute atomic E-state index is 12.6. The maximum Gasteiger partial charge on any atom is 0.408 e. The van der Waals surface area contributed by atoms with Gasteiger partial charge < -0.3 is 9.72 Å². The number of nitrogens with one attached hydrogen (secondary N) is 1. The van der Waals surface area contributed by atoms with Gasteiger partial charge >= 0.3 is 6.18 Å². The molecule has 0 bridgehead atoms. The van der Waals surface area contributed by atoms with Crippen molar-refractivity contribution in [2.24, 2.45) is 0 Å². The van der Waals surface area contributed by atoms with E-state index < -0.39 is 12.7 Å². The molecule has 2 heterocycles. The van der Waals surface area contributed by atoms with E-state index in [1.165, 1.54) is 19.4 Å². The van der Waals surface area contributed by atoms with E-state index in [2.05, 4.69) is 15.1 Å². The van der Waals surface area contributed by atoms with E-state index in [0.29, 0.717) is 21.8 Å². The standard InChI is InChI=1S/C13H10ClF3N4O/c1-22-9-3-2-7-11(10(9)14)20-12(19-7)8-4-5-18-21(8)6-13(15,16)17/h2-5H,6H2,1H3,(H,19,20). The number of hydrogen-bond acceptors (Lipinski definition) is 3. The van der Waals surface area contributed by atoms with Crippen LogP contribution in [0.3, 0.4) is 0 Å². The number of alkyl halides is 3. The van der Waals surface area contributed by atoms with E-state index in [1.807, 2.05) is 0 Å². The van der Waals surface area contributed by atoms with Gasteiger partial charge in [0.2, 0.25) is 0 Å². The van der Waals surface area contributed by atoms with Crippen LogP contribution in [-0.2, 0) is 6.54 Å². The van der Waals surface area contributed by atoms with Gasteiger partial charge in [-0.2, -0.15) is 18.3 Å². The van der Waals surface area contributed by atoms with Gasteiger partial charge in [-0.15, -0.1) is 0 Å². The minimum atomic E-state index is -4.37. The number of ether oxygens (including phenoxy) is 1. The first-order chi connectivity index (χ1) is 10.4. The first-order valence-electron chi connectivity index (χ1n) is 6.20. The highest BCUT2D eigenvalue weighted by Crippen LogP contribution is 2.33. The van der Waals surface area contributed by atoms with Crippen molar-refractivity contribution >= 4 is 22.6 Å². The van der Waals surface area contributed by atoms with Gasteiger partial charge in [0.25, 0.3) is 0 Å². The molecule has 0 unspecified atom stereocenters. The second-order valence-electron chi connectivity index (χ2n) is 4.55. The molecule has 0 amide bonds. The SMILES string of the molecule is COc1ccc2[nH]c(-c3ccnn3CC(F)(F)F)nc2c1Cl. The molecular formula is C13H10ClF3N4O. The summed E-state index contributed by atoms with van der Waals surface area (Å²) in [5, 5.41) is 3.98. The van der Waals surface area contributed by atoms with Gasteiger partial charge in [-0.3, -0.25) is 4.68 Å². The van der Waals surface area contributed by atoms with Crippen molar-refractivity contribution in [1.29, 1.82) is 0 Å². The number of aromatic amines is 1. The Morgan fingerprint density at radius 3 is 2.77 bits per heavy atom. The number of hydrogen-bond donors (Lipinski definition) is 1. The third-order valence-electron chi connectivity index (χ3n) is 3.07. The lowest BCUT2D eigenvalue weighted by atomic mass is 10.3. The number of fused-ring (bicyclic) bond motifs is 1. The fourth-order valence-electron chi connectivity index (χ4n) is 2.13. The summed E-state index contributed by atoms with van der Waals surface area (Å²) in [4.78, 5) is 7.20. The molecule has 9 heteroatoms. The Morgan fingerprint density at radius 1 is 1.32 bits per heavy atom. The number of H-pyrrole nitrogens is 1. The Labute approximate surface area is 127 Å². The molecule has 0 radical (unpaired) electrons. The van der Waals surface area contributed by atoms with Crippen molar-refractivity contribution in [3.05, 3.63) is 29.4 Å². The lowest BCUT2D eigenvalue weighted by Gasteiger charge is -2.08.